The first-order chi connectivity index (χ1) is 13.9. The molecule has 0 spiro atoms. The number of nitrogens with zero attached hydrogens (tertiary/aromatic N) is 3. The Kier molecular flexibility index (Phi) is 5.29. The Hall–Kier alpha value is -2.84. The molecule has 4 rings (SSSR count). The molecule has 0 saturated heterocycles. The van der Waals surface area contributed by atoms with Crippen molar-refractivity contribution in [3.05, 3.63) is 59.2 Å². The normalized spacial score (nSPS) is 13.4. The number of pyridine rings is 1. The van der Waals surface area contributed by atoms with E-state index in [4.69, 9.17) is 4.74 Å². The fraction of sp³-hybridized carbons (Fsp3) is 0.190. The molecule has 0 amide bonds. The van der Waals surface area contributed by atoms with Crippen LogP contribution in [-0.4, -0.2) is 32.3 Å². The number of rotatable bonds is 5. The van der Waals surface area contributed by atoms with E-state index in [-0.39, 0.29) is 5.69 Å². The van der Waals surface area contributed by atoms with Crippen LogP contribution in [0.1, 0.15) is 13.8 Å². The molecule has 2 aromatic heterocycles. The average molecular weight is 457 g/mol. The van der Waals surface area contributed by atoms with Crippen LogP contribution in [0.3, 0.4) is 0 Å². The second kappa shape index (κ2) is 7.88. The molecule has 8 heteroatoms. The third kappa shape index (κ3) is 3.86. The Labute approximate surface area is 174 Å². The van der Waals surface area contributed by atoms with Crippen LogP contribution in [0.25, 0.3) is 21.8 Å². The highest BCUT2D eigenvalue weighted by Crippen LogP contribution is 2.36. The fourth-order valence-electron chi connectivity index (χ4n) is 2.95. The number of aliphatic hydroxyl groups is 1. The van der Waals surface area contributed by atoms with Crippen LogP contribution in [0.5, 0.6) is 5.75 Å². The molecule has 0 radical (unpaired) electrons. The third-order valence-electron chi connectivity index (χ3n) is 4.63. The Morgan fingerprint density at radius 1 is 1.10 bits per heavy atom. The molecule has 2 atom stereocenters. The van der Waals surface area contributed by atoms with Gasteiger partial charge in [-0.15, -0.1) is 0 Å². The molecule has 0 aliphatic carbocycles. The van der Waals surface area contributed by atoms with Gasteiger partial charge in [0, 0.05) is 16.1 Å². The molecule has 0 aliphatic heterocycles. The minimum Gasteiger partial charge on any atom is -0.487 e. The molecule has 29 heavy (non-hydrogen) atoms. The van der Waals surface area contributed by atoms with Gasteiger partial charge in [0.2, 0.25) is 0 Å². The fourth-order valence-corrected chi connectivity index (χ4v) is 3.37. The van der Waals surface area contributed by atoms with Gasteiger partial charge in [0.25, 0.3) is 0 Å². The molecule has 4 aromatic rings. The number of anilines is 2. The van der Waals surface area contributed by atoms with Crippen LogP contribution in [-0.2, 0) is 0 Å². The second-order valence-corrected chi connectivity index (χ2v) is 7.62. The van der Waals surface area contributed by atoms with E-state index in [1.54, 1.807) is 50.4 Å². The third-order valence-corrected chi connectivity index (χ3v) is 5.09. The number of ether oxygens (including phenoxy) is 1. The zero-order valence-electron chi connectivity index (χ0n) is 15.7. The van der Waals surface area contributed by atoms with Crippen LogP contribution in [0, 0.1) is 5.82 Å². The minimum atomic E-state index is -0.671. The number of fused-ring (bicyclic) bond motifs is 2. The lowest BCUT2D eigenvalue weighted by molar-refractivity contribution is 0.0614. The topological polar surface area (TPSA) is 80.2 Å². The SMILES string of the molecule is C[C@H](O)[C@@H](C)Oc1cc(Br)cc2ncnc(Nc3ccc4ncccc4c3F)c12. The molecule has 2 aromatic carbocycles. The van der Waals surface area contributed by atoms with Crippen molar-refractivity contribution >= 4 is 49.2 Å². The van der Waals surface area contributed by atoms with Crippen molar-refractivity contribution < 1.29 is 14.2 Å². The highest BCUT2D eigenvalue weighted by Gasteiger charge is 2.18. The molecular formula is C21H18BrFN4O2. The monoisotopic (exact) mass is 456 g/mol. The van der Waals surface area contributed by atoms with Crippen molar-refractivity contribution in [2.24, 2.45) is 0 Å². The van der Waals surface area contributed by atoms with Crippen molar-refractivity contribution in [2.45, 2.75) is 26.1 Å². The van der Waals surface area contributed by atoms with Crippen molar-refractivity contribution in [3.63, 3.8) is 0 Å². The van der Waals surface area contributed by atoms with E-state index in [2.05, 4.69) is 36.2 Å². The van der Waals surface area contributed by atoms with Crippen LogP contribution in [0.4, 0.5) is 15.9 Å². The maximum Gasteiger partial charge on any atom is 0.156 e. The van der Waals surface area contributed by atoms with Gasteiger partial charge < -0.3 is 15.2 Å². The predicted octanol–water partition coefficient (Wildman–Crippen LogP) is 4.97. The molecule has 0 saturated carbocycles. The largest absolute Gasteiger partial charge is 0.487 e. The molecule has 2 N–H and O–H groups in total. The lowest BCUT2D eigenvalue weighted by Gasteiger charge is -2.20. The summed E-state index contributed by atoms with van der Waals surface area (Å²) in [4.78, 5) is 12.8. The van der Waals surface area contributed by atoms with Gasteiger partial charge in [0.15, 0.2) is 5.82 Å². The van der Waals surface area contributed by atoms with Gasteiger partial charge >= 0.3 is 0 Å². The predicted molar refractivity (Wildman–Crippen MR) is 114 cm³/mol. The van der Waals surface area contributed by atoms with Crippen molar-refractivity contribution in [2.75, 3.05) is 5.32 Å². The van der Waals surface area contributed by atoms with Crippen molar-refractivity contribution in [1.29, 1.82) is 0 Å². The summed E-state index contributed by atoms with van der Waals surface area (Å²) in [5.41, 5.74) is 1.46. The van der Waals surface area contributed by atoms with E-state index in [9.17, 15) is 5.11 Å². The lowest BCUT2D eigenvalue weighted by atomic mass is 10.1. The summed E-state index contributed by atoms with van der Waals surface area (Å²) < 4.78 is 21.7. The number of halogens is 2. The number of hydrogen-bond donors (Lipinski definition) is 2. The first kappa shape index (κ1) is 19.5. The van der Waals surface area contributed by atoms with Crippen LogP contribution < -0.4 is 10.1 Å². The van der Waals surface area contributed by atoms with Crippen LogP contribution in [0.15, 0.2) is 53.4 Å². The number of aromatic nitrogens is 3. The Bertz CT molecular complexity index is 1200. The van der Waals surface area contributed by atoms with Gasteiger partial charge in [-0.05, 0) is 50.2 Å². The molecule has 2 heterocycles. The van der Waals surface area contributed by atoms with Gasteiger partial charge in [-0.3, -0.25) is 4.98 Å². The molecule has 0 aliphatic rings. The first-order valence-electron chi connectivity index (χ1n) is 9.03. The number of hydrogen-bond acceptors (Lipinski definition) is 6. The van der Waals surface area contributed by atoms with Crippen LogP contribution >= 0.6 is 15.9 Å². The standard InChI is InChI=1S/C21H18BrFN4O2/c1-11(28)12(2)29-18-9-13(22)8-17-19(18)21(26-10-25-17)27-16-6-5-15-14(20(16)23)4-3-7-24-15/h3-12,28H,1-2H3,(H,25,26,27)/t11-,12+/m0/s1. The summed E-state index contributed by atoms with van der Waals surface area (Å²) in [5, 5.41) is 13.9. The van der Waals surface area contributed by atoms with E-state index >= 15 is 4.39 Å². The molecule has 148 valence electrons. The van der Waals surface area contributed by atoms with E-state index < -0.39 is 18.0 Å². The first-order valence-corrected chi connectivity index (χ1v) is 9.82. The Balaban J connectivity index is 1.83. The Morgan fingerprint density at radius 2 is 1.93 bits per heavy atom. The molecule has 6 nitrogen and oxygen atoms in total. The van der Waals surface area contributed by atoms with E-state index in [0.29, 0.717) is 33.4 Å². The maximum absolute atomic E-state index is 15.0. The number of nitrogens with one attached hydrogen (secondary N) is 1. The summed E-state index contributed by atoms with van der Waals surface area (Å²) >= 11 is 3.45. The summed E-state index contributed by atoms with van der Waals surface area (Å²) in [6.45, 7) is 3.42. The summed E-state index contributed by atoms with van der Waals surface area (Å²) in [6, 6.07) is 10.3. The molecular weight excluding hydrogens is 439 g/mol. The van der Waals surface area contributed by atoms with E-state index in [1.165, 1.54) is 6.33 Å². The van der Waals surface area contributed by atoms with Gasteiger partial charge in [-0.25, -0.2) is 14.4 Å². The zero-order chi connectivity index (χ0) is 20.5. The van der Waals surface area contributed by atoms with Gasteiger partial charge in [0.1, 0.15) is 24.0 Å². The maximum atomic E-state index is 15.0. The van der Waals surface area contributed by atoms with Gasteiger partial charge in [0.05, 0.1) is 28.2 Å². The van der Waals surface area contributed by atoms with Crippen molar-refractivity contribution in [1.82, 2.24) is 15.0 Å². The lowest BCUT2D eigenvalue weighted by Crippen LogP contribution is -2.25. The van der Waals surface area contributed by atoms with Crippen molar-refractivity contribution in [3.8, 4) is 5.75 Å². The number of aliphatic hydroxyl groups excluding tert-OH is 1. The van der Waals surface area contributed by atoms with Crippen LogP contribution in [0.2, 0.25) is 0 Å². The second-order valence-electron chi connectivity index (χ2n) is 6.71. The summed E-state index contributed by atoms with van der Waals surface area (Å²) in [5.74, 6) is 0.463. The van der Waals surface area contributed by atoms with Gasteiger partial charge in [-0.1, -0.05) is 15.9 Å². The summed E-state index contributed by atoms with van der Waals surface area (Å²) in [6.07, 6.45) is 1.90. The molecule has 0 unspecified atom stereocenters. The van der Waals surface area contributed by atoms with Gasteiger partial charge in [-0.2, -0.15) is 0 Å². The number of benzene rings is 2. The Morgan fingerprint density at radius 3 is 2.72 bits per heavy atom. The summed E-state index contributed by atoms with van der Waals surface area (Å²) in [7, 11) is 0. The van der Waals surface area contributed by atoms with E-state index in [0.717, 1.165) is 4.47 Å². The highest BCUT2D eigenvalue weighted by atomic mass is 79.9. The quantitative estimate of drug-likeness (QED) is 0.441. The average Bonchev–Trinajstić information content (AvgIpc) is 2.70. The molecule has 0 bridgehead atoms. The minimum absolute atomic E-state index is 0.267. The smallest absolute Gasteiger partial charge is 0.156 e. The molecule has 0 fully saturated rings. The zero-order valence-corrected chi connectivity index (χ0v) is 17.3. The highest BCUT2D eigenvalue weighted by molar-refractivity contribution is 9.10. The van der Waals surface area contributed by atoms with E-state index in [1.807, 2.05) is 6.07 Å².